The van der Waals surface area contributed by atoms with Crippen LogP contribution in [0.15, 0.2) is 28.4 Å². The van der Waals surface area contributed by atoms with Crippen molar-refractivity contribution < 1.29 is 19.2 Å². The van der Waals surface area contributed by atoms with Gasteiger partial charge in [-0.1, -0.05) is 5.16 Å². The van der Waals surface area contributed by atoms with Crippen LogP contribution < -0.4 is 5.32 Å². The molecule has 0 saturated heterocycles. The number of hydrogen-bond donors (Lipinski definition) is 2. The molecule has 0 aromatic carbocycles. The predicted octanol–water partition coefficient (Wildman–Crippen LogP) is 1.20. The molecule has 2 aromatic heterocycles. The number of amides is 1. The smallest absolute Gasteiger partial charge is 0.328 e. The van der Waals surface area contributed by atoms with E-state index in [-0.39, 0.29) is 5.91 Å². The first-order chi connectivity index (χ1) is 9.65. The van der Waals surface area contributed by atoms with Crippen molar-refractivity contribution in [3.05, 3.63) is 40.2 Å². The molecule has 2 rings (SSSR count). The van der Waals surface area contributed by atoms with Crippen LogP contribution in [0.3, 0.4) is 0 Å². The standard InChI is InChI=1S/C12H11N3O4S/c16-11(17)2-1-9-5-8(6-20-9)12(18)13-4-3-10-14-7-15-19-10/h1-2,5-7H,3-4H2,(H,13,18)(H,16,17)/b2-1+. The summed E-state index contributed by atoms with van der Waals surface area (Å²) in [4.78, 5) is 26.7. The Bertz CT molecular complexity index is 618. The summed E-state index contributed by atoms with van der Waals surface area (Å²) in [6.45, 7) is 0.386. The molecule has 2 aromatic rings. The number of carbonyl (C=O) groups excluding carboxylic acids is 1. The molecular weight excluding hydrogens is 282 g/mol. The van der Waals surface area contributed by atoms with E-state index >= 15 is 0 Å². The van der Waals surface area contributed by atoms with E-state index in [4.69, 9.17) is 9.63 Å². The van der Waals surface area contributed by atoms with E-state index in [0.29, 0.717) is 29.3 Å². The van der Waals surface area contributed by atoms with Crippen LogP contribution in [-0.4, -0.2) is 33.7 Å². The molecule has 8 heteroatoms. The van der Waals surface area contributed by atoms with Gasteiger partial charge < -0.3 is 14.9 Å². The molecule has 0 saturated carbocycles. The second kappa shape index (κ2) is 6.62. The van der Waals surface area contributed by atoms with Gasteiger partial charge >= 0.3 is 5.97 Å². The first-order valence-electron chi connectivity index (χ1n) is 5.68. The van der Waals surface area contributed by atoms with Crippen molar-refractivity contribution in [2.45, 2.75) is 6.42 Å². The van der Waals surface area contributed by atoms with Crippen molar-refractivity contribution in [1.82, 2.24) is 15.5 Å². The molecule has 0 bridgehead atoms. The highest BCUT2D eigenvalue weighted by atomic mass is 32.1. The van der Waals surface area contributed by atoms with Gasteiger partial charge in [-0.3, -0.25) is 4.79 Å². The Morgan fingerprint density at radius 3 is 3.05 bits per heavy atom. The fraction of sp³-hybridized carbons (Fsp3) is 0.167. The Hall–Kier alpha value is -2.48. The Morgan fingerprint density at radius 1 is 1.50 bits per heavy atom. The van der Waals surface area contributed by atoms with Crippen LogP contribution >= 0.6 is 11.3 Å². The number of carboxylic acid groups (broad SMARTS) is 1. The third-order valence-corrected chi connectivity index (χ3v) is 3.20. The van der Waals surface area contributed by atoms with Crippen molar-refractivity contribution in [1.29, 1.82) is 0 Å². The van der Waals surface area contributed by atoms with Gasteiger partial charge in [-0.05, 0) is 12.1 Å². The summed E-state index contributed by atoms with van der Waals surface area (Å²) in [6, 6.07) is 1.63. The third kappa shape index (κ3) is 4.02. The zero-order valence-electron chi connectivity index (χ0n) is 10.3. The average Bonchev–Trinajstić information content (AvgIpc) is 3.07. The molecule has 0 unspecified atom stereocenters. The fourth-order valence-electron chi connectivity index (χ4n) is 1.40. The van der Waals surface area contributed by atoms with E-state index in [1.54, 1.807) is 11.4 Å². The minimum absolute atomic E-state index is 0.226. The van der Waals surface area contributed by atoms with Gasteiger partial charge in [0.25, 0.3) is 5.91 Å². The number of carboxylic acids is 1. The summed E-state index contributed by atoms with van der Waals surface area (Å²) in [7, 11) is 0. The second-order valence-electron chi connectivity index (χ2n) is 3.75. The van der Waals surface area contributed by atoms with Gasteiger partial charge in [0.05, 0.1) is 5.56 Å². The quantitative estimate of drug-likeness (QED) is 0.775. The van der Waals surface area contributed by atoms with Gasteiger partial charge in [-0.25, -0.2) is 4.79 Å². The minimum Gasteiger partial charge on any atom is -0.478 e. The molecule has 0 fully saturated rings. The fourth-order valence-corrected chi connectivity index (χ4v) is 2.18. The number of nitrogens with zero attached hydrogens (tertiary/aromatic N) is 2. The van der Waals surface area contributed by atoms with Crippen molar-refractivity contribution in [3.8, 4) is 0 Å². The topological polar surface area (TPSA) is 105 Å². The maximum Gasteiger partial charge on any atom is 0.328 e. The van der Waals surface area contributed by atoms with Gasteiger partial charge in [-0.2, -0.15) is 4.98 Å². The lowest BCUT2D eigenvalue weighted by Crippen LogP contribution is -2.25. The van der Waals surface area contributed by atoms with E-state index in [0.717, 1.165) is 6.08 Å². The highest BCUT2D eigenvalue weighted by Crippen LogP contribution is 2.16. The summed E-state index contributed by atoms with van der Waals surface area (Å²) >= 11 is 1.30. The molecule has 1 amide bonds. The van der Waals surface area contributed by atoms with Crippen LogP contribution in [0, 0.1) is 0 Å². The van der Waals surface area contributed by atoms with E-state index in [9.17, 15) is 9.59 Å². The van der Waals surface area contributed by atoms with Crippen LogP contribution in [0.5, 0.6) is 0 Å². The maximum absolute atomic E-state index is 11.8. The molecule has 0 aliphatic rings. The molecule has 0 aliphatic heterocycles. The molecule has 2 N–H and O–H groups in total. The van der Waals surface area contributed by atoms with E-state index < -0.39 is 5.97 Å². The van der Waals surface area contributed by atoms with Crippen LogP contribution in [0.1, 0.15) is 21.1 Å². The highest BCUT2D eigenvalue weighted by molar-refractivity contribution is 7.11. The molecule has 0 atom stereocenters. The van der Waals surface area contributed by atoms with Crippen LogP contribution in [-0.2, 0) is 11.2 Å². The number of thiophene rings is 1. The largest absolute Gasteiger partial charge is 0.478 e. The molecule has 0 aliphatic carbocycles. The Morgan fingerprint density at radius 2 is 2.35 bits per heavy atom. The monoisotopic (exact) mass is 293 g/mol. The molecular formula is C12H11N3O4S. The summed E-state index contributed by atoms with van der Waals surface area (Å²) in [5, 5.41) is 16.4. The Labute approximate surface area is 117 Å². The van der Waals surface area contributed by atoms with Crippen molar-refractivity contribution in [2.24, 2.45) is 0 Å². The van der Waals surface area contributed by atoms with Crippen LogP contribution in [0.4, 0.5) is 0 Å². The normalized spacial score (nSPS) is 10.8. The minimum atomic E-state index is -1.02. The third-order valence-electron chi connectivity index (χ3n) is 2.30. The zero-order chi connectivity index (χ0) is 14.4. The number of carbonyl (C=O) groups is 2. The van der Waals surface area contributed by atoms with Crippen LogP contribution in [0.2, 0.25) is 0 Å². The van der Waals surface area contributed by atoms with E-state index in [2.05, 4.69) is 15.5 Å². The van der Waals surface area contributed by atoms with Crippen molar-refractivity contribution in [2.75, 3.05) is 6.54 Å². The van der Waals surface area contributed by atoms with Gasteiger partial charge in [-0.15, -0.1) is 11.3 Å². The van der Waals surface area contributed by atoms with Crippen molar-refractivity contribution >= 4 is 29.3 Å². The highest BCUT2D eigenvalue weighted by Gasteiger charge is 2.08. The Kier molecular flexibility index (Phi) is 4.61. The number of nitrogens with one attached hydrogen (secondary N) is 1. The molecule has 104 valence electrons. The lowest BCUT2D eigenvalue weighted by Gasteiger charge is -2.00. The van der Waals surface area contributed by atoms with Gasteiger partial charge in [0, 0.05) is 29.3 Å². The molecule has 0 radical (unpaired) electrons. The van der Waals surface area contributed by atoms with Gasteiger partial charge in [0.15, 0.2) is 6.33 Å². The maximum atomic E-state index is 11.8. The summed E-state index contributed by atoms with van der Waals surface area (Å²) in [6.07, 6.45) is 4.24. The SMILES string of the molecule is O=C(O)/C=C/c1cc(C(=O)NCCc2ncno2)cs1. The van der Waals surface area contributed by atoms with E-state index in [1.165, 1.54) is 23.7 Å². The first-order valence-corrected chi connectivity index (χ1v) is 6.56. The van der Waals surface area contributed by atoms with Crippen molar-refractivity contribution in [3.63, 3.8) is 0 Å². The van der Waals surface area contributed by atoms with E-state index in [1.807, 2.05) is 0 Å². The van der Waals surface area contributed by atoms with Gasteiger partial charge in [0.1, 0.15) is 0 Å². The number of aromatic nitrogens is 2. The Balaban J connectivity index is 1.84. The average molecular weight is 293 g/mol. The predicted molar refractivity (Wildman–Crippen MR) is 71.3 cm³/mol. The molecule has 20 heavy (non-hydrogen) atoms. The number of aliphatic carboxylic acids is 1. The number of rotatable bonds is 6. The lowest BCUT2D eigenvalue weighted by atomic mass is 10.2. The molecule has 7 nitrogen and oxygen atoms in total. The number of hydrogen-bond acceptors (Lipinski definition) is 6. The molecule has 2 heterocycles. The summed E-state index contributed by atoms with van der Waals surface area (Å²) in [5.74, 6) is -0.791. The van der Waals surface area contributed by atoms with Gasteiger partial charge in [0.2, 0.25) is 5.89 Å². The lowest BCUT2D eigenvalue weighted by molar-refractivity contribution is -0.131. The second-order valence-corrected chi connectivity index (χ2v) is 4.69. The van der Waals surface area contributed by atoms with Crippen LogP contribution in [0.25, 0.3) is 6.08 Å². The zero-order valence-corrected chi connectivity index (χ0v) is 11.1. The molecule has 0 spiro atoms. The summed E-state index contributed by atoms with van der Waals surface area (Å²) < 4.78 is 4.80. The summed E-state index contributed by atoms with van der Waals surface area (Å²) in [5.41, 5.74) is 0.491. The first kappa shape index (κ1) is 13.9.